The van der Waals surface area contributed by atoms with Gasteiger partial charge < -0.3 is 15.4 Å². The second kappa shape index (κ2) is 11.3. The Bertz CT molecular complexity index is 1170. The predicted molar refractivity (Wildman–Crippen MR) is 129 cm³/mol. The Morgan fingerprint density at radius 1 is 0.941 bits per heavy atom. The highest BCUT2D eigenvalue weighted by Gasteiger charge is 2.25. The van der Waals surface area contributed by atoms with E-state index in [4.69, 9.17) is 4.74 Å². The highest BCUT2D eigenvalue weighted by atomic mass is 32.2. The van der Waals surface area contributed by atoms with Crippen molar-refractivity contribution in [2.75, 3.05) is 30.3 Å². The van der Waals surface area contributed by atoms with Gasteiger partial charge in [0, 0.05) is 31.3 Å². The third kappa shape index (κ3) is 6.64. The molecule has 0 spiro atoms. The number of nitrogens with zero attached hydrogens (tertiary/aromatic N) is 1. The lowest BCUT2D eigenvalue weighted by molar-refractivity contribution is -0.118. The molecule has 2 aromatic carbocycles. The van der Waals surface area contributed by atoms with E-state index in [-0.39, 0.29) is 22.3 Å². The molecule has 2 aromatic rings. The summed E-state index contributed by atoms with van der Waals surface area (Å²) >= 11 is 0. The summed E-state index contributed by atoms with van der Waals surface area (Å²) in [5, 5.41) is 5.23. The van der Waals surface area contributed by atoms with Crippen LogP contribution in [-0.4, -0.2) is 50.0 Å². The lowest BCUT2D eigenvalue weighted by Crippen LogP contribution is -2.32. The molecule has 1 fully saturated rings. The molecule has 1 aliphatic heterocycles. The summed E-state index contributed by atoms with van der Waals surface area (Å²) in [7, 11) is -3.65. The van der Waals surface area contributed by atoms with Crippen LogP contribution in [0.15, 0.2) is 47.4 Å². The average molecular weight is 488 g/mol. The van der Waals surface area contributed by atoms with Gasteiger partial charge in [-0.25, -0.2) is 8.42 Å². The smallest absolute Gasteiger partial charge is 0.262 e. The van der Waals surface area contributed by atoms with Crippen molar-refractivity contribution in [3.05, 3.63) is 48.0 Å². The number of carbonyl (C=O) groups excluding carboxylic acids is 3. The number of ketones is 1. The van der Waals surface area contributed by atoms with Gasteiger partial charge >= 0.3 is 0 Å². The van der Waals surface area contributed by atoms with E-state index in [0.29, 0.717) is 30.0 Å². The van der Waals surface area contributed by atoms with Crippen LogP contribution in [0.2, 0.25) is 0 Å². The van der Waals surface area contributed by atoms with Crippen molar-refractivity contribution in [3.63, 3.8) is 0 Å². The van der Waals surface area contributed by atoms with Gasteiger partial charge in [-0.1, -0.05) is 18.9 Å². The molecule has 0 aliphatic carbocycles. The first-order valence-corrected chi connectivity index (χ1v) is 12.6. The van der Waals surface area contributed by atoms with Gasteiger partial charge in [0.05, 0.1) is 10.6 Å². The normalized spacial score (nSPS) is 14.6. The molecule has 182 valence electrons. The van der Waals surface area contributed by atoms with Crippen LogP contribution in [0.1, 0.15) is 49.9 Å². The number of rotatable bonds is 8. The minimum Gasteiger partial charge on any atom is -0.482 e. The summed E-state index contributed by atoms with van der Waals surface area (Å²) in [5.41, 5.74) is 1.02. The summed E-state index contributed by atoms with van der Waals surface area (Å²) in [5.74, 6) is -0.861. The second-order valence-corrected chi connectivity index (χ2v) is 10.1. The van der Waals surface area contributed by atoms with Crippen LogP contribution in [0.5, 0.6) is 5.75 Å². The fourth-order valence-electron chi connectivity index (χ4n) is 3.66. The number of ether oxygens (including phenoxy) is 1. The third-order valence-corrected chi connectivity index (χ3v) is 7.27. The summed E-state index contributed by atoms with van der Waals surface area (Å²) < 4.78 is 33.1. The van der Waals surface area contributed by atoms with Crippen molar-refractivity contribution in [3.8, 4) is 5.75 Å². The summed E-state index contributed by atoms with van der Waals surface area (Å²) in [4.78, 5) is 35.7. The maximum atomic E-state index is 13.0. The van der Waals surface area contributed by atoms with Crippen LogP contribution in [0.25, 0.3) is 0 Å². The first-order valence-electron chi connectivity index (χ1n) is 11.1. The van der Waals surface area contributed by atoms with Gasteiger partial charge in [-0.3, -0.25) is 14.4 Å². The van der Waals surface area contributed by atoms with E-state index in [2.05, 4.69) is 10.6 Å². The highest BCUT2D eigenvalue weighted by molar-refractivity contribution is 7.89. The lowest BCUT2D eigenvalue weighted by Gasteiger charge is -2.20. The van der Waals surface area contributed by atoms with Gasteiger partial charge in [-0.2, -0.15) is 4.31 Å². The number of hydrogen-bond donors (Lipinski definition) is 2. The van der Waals surface area contributed by atoms with Crippen LogP contribution in [0.3, 0.4) is 0 Å². The molecule has 0 atom stereocenters. The molecule has 0 radical (unpaired) electrons. The molecule has 0 aromatic heterocycles. The summed E-state index contributed by atoms with van der Waals surface area (Å²) in [6.45, 7) is 3.31. The SMILES string of the molecule is CC(=O)Nc1ccc(C(C)=O)cc1OCC(=O)Nc1cccc(S(=O)(=O)N2CCCCCC2)c1. The van der Waals surface area contributed by atoms with Gasteiger partial charge in [0.25, 0.3) is 5.91 Å². The van der Waals surface area contributed by atoms with Crippen molar-refractivity contribution in [1.82, 2.24) is 4.31 Å². The maximum Gasteiger partial charge on any atom is 0.262 e. The van der Waals surface area contributed by atoms with Crippen LogP contribution in [0, 0.1) is 0 Å². The Kier molecular flexibility index (Phi) is 8.41. The number of nitrogens with one attached hydrogen (secondary N) is 2. The Morgan fingerprint density at radius 2 is 1.65 bits per heavy atom. The quantitative estimate of drug-likeness (QED) is 0.550. The van der Waals surface area contributed by atoms with E-state index < -0.39 is 22.5 Å². The van der Waals surface area contributed by atoms with Gasteiger partial charge in [0.1, 0.15) is 5.75 Å². The molecular formula is C24H29N3O6S. The Morgan fingerprint density at radius 3 is 2.29 bits per heavy atom. The number of anilines is 2. The molecule has 3 rings (SSSR count). The number of amides is 2. The van der Waals surface area contributed by atoms with Crippen LogP contribution >= 0.6 is 0 Å². The fraction of sp³-hybridized carbons (Fsp3) is 0.375. The van der Waals surface area contributed by atoms with E-state index in [1.54, 1.807) is 18.2 Å². The molecule has 34 heavy (non-hydrogen) atoms. The monoisotopic (exact) mass is 487 g/mol. The summed E-state index contributed by atoms with van der Waals surface area (Å²) in [6.07, 6.45) is 3.69. The molecule has 0 bridgehead atoms. The second-order valence-electron chi connectivity index (χ2n) is 8.13. The lowest BCUT2D eigenvalue weighted by atomic mass is 10.1. The van der Waals surface area contributed by atoms with Crippen molar-refractivity contribution >= 4 is 39.0 Å². The van der Waals surface area contributed by atoms with Crippen molar-refractivity contribution in [1.29, 1.82) is 0 Å². The van der Waals surface area contributed by atoms with E-state index >= 15 is 0 Å². The third-order valence-electron chi connectivity index (χ3n) is 5.38. The van der Waals surface area contributed by atoms with Crippen molar-refractivity contribution in [2.45, 2.75) is 44.4 Å². The minimum absolute atomic E-state index is 0.121. The van der Waals surface area contributed by atoms with Crippen LogP contribution < -0.4 is 15.4 Å². The van der Waals surface area contributed by atoms with Crippen LogP contribution in [-0.2, 0) is 19.6 Å². The molecule has 1 heterocycles. The standard InChI is InChI=1S/C24H29N3O6S/c1-17(28)19-10-11-22(25-18(2)29)23(14-19)33-16-24(30)26-20-8-7-9-21(15-20)34(31,32)27-12-5-3-4-6-13-27/h7-11,14-15H,3-6,12-13,16H2,1-2H3,(H,25,29)(H,26,30). The predicted octanol–water partition coefficient (Wildman–Crippen LogP) is 3.43. The van der Waals surface area contributed by atoms with E-state index in [0.717, 1.165) is 25.7 Å². The fourth-order valence-corrected chi connectivity index (χ4v) is 5.22. The Labute approximate surface area is 199 Å². The molecule has 1 aliphatic rings. The average Bonchev–Trinajstić information content (AvgIpc) is 3.08. The number of benzene rings is 2. The molecule has 2 N–H and O–H groups in total. The van der Waals surface area contributed by atoms with Gasteiger partial charge in [0.15, 0.2) is 12.4 Å². The molecule has 10 heteroatoms. The maximum absolute atomic E-state index is 13.0. The topological polar surface area (TPSA) is 122 Å². The van der Waals surface area contributed by atoms with Gasteiger partial charge in [0.2, 0.25) is 15.9 Å². The molecular weight excluding hydrogens is 458 g/mol. The van der Waals surface area contributed by atoms with Gasteiger partial charge in [-0.05, 0) is 56.2 Å². The molecule has 1 saturated heterocycles. The van der Waals surface area contributed by atoms with Gasteiger partial charge in [-0.15, -0.1) is 0 Å². The largest absolute Gasteiger partial charge is 0.482 e. The summed E-state index contributed by atoms with van der Waals surface area (Å²) in [6, 6.07) is 10.6. The zero-order valence-corrected chi connectivity index (χ0v) is 20.1. The van der Waals surface area contributed by atoms with Crippen LogP contribution in [0.4, 0.5) is 11.4 Å². The van der Waals surface area contributed by atoms with E-state index in [1.807, 2.05) is 0 Å². The number of Topliss-reactive ketones (excluding diaryl/α,β-unsaturated/α-hetero) is 1. The van der Waals surface area contributed by atoms with E-state index in [9.17, 15) is 22.8 Å². The first kappa shape index (κ1) is 25.4. The number of carbonyl (C=O) groups is 3. The first-order chi connectivity index (χ1) is 16.2. The molecule has 0 saturated carbocycles. The van der Waals surface area contributed by atoms with E-state index in [1.165, 1.54) is 42.4 Å². The zero-order valence-electron chi connectivity index (χ0n) is 19.3. The van der Waals surface area contributed by atoms with Crippen molar-refractivity contribution in [2.24, 2.45) is 0 Å². The molecule has 0 unspecified atom stereocenters. The minimum atomic E-state index is -3.65. The van der Waals surface area contributed by atoms with Crippen molar-refractivity contribution < 1.29 is 27.5 Å². The Hall–Kier alpha value is -3.24. The molecule has 9 nitrogen and oxygen atoms in total. The number of hydrogen-bond acceptors (Lipinski definition) is 6. The zero-order chi connectivity index (χ0) is 24.7. The Balaban J connectivity index is 1.70. The molecule has 2 amide bonds. The number of sulfonamides is 1. The highest BCUT2D eigenvalue weighted by Crippen LogP contribution is 2.27.